The molecule has 144 valence electrons. The maximum Gasteiger partial charge on any atom is 0.237 e. The van der Waals surface area contributed by atoms with E-state index < -0.39 is 17.4 Å². The number of carbonyl (C=O) groups excluding carboxylic acids is 2. The molecule has 0 radical (unpaired) electrons. The highest BCUT2D eigenvalue weighted by atomic mass is 32.2. The van der Waals surface area contributed by atoms with Gasteiger partial charge in [-0.15, -0.1) is 0 Å². The van der Waals surface area contributed by atoms with Crippen LogP contribution in [-0.2, 0) is 9.59 Å². The van der Waals surface area contributed by atoms with Crippen LogP contribution in [0.1, 0.15) is 36.8 Å². The molecule has 0 unspecified atom stereocenters. The fourth-order valence-electron chi connectivity index (χ4n) is 3.84. The van der Waals surface area contributed by atoms with Gasteiger partial charge in [0.25, 0.3) is 0 Å². The summed E-state index contributed by atoms with van der Waals surface area (Å²) in [6, 6.07) is 5.98. The van der Waals surface area contributed by atoms with E-state index in [4.69, 9.17) is 10.7 Å². The fraction of sp³-hybridized carbons (Fsp3) is 0.474. The van der Waals surface area contributed by atoms with Crippen molar-refractivity contribution in [2.45, 2.75) is 45.1 Å². The lowest BCUT2D eigenvalue weighted by Crippen LogP contribution is -2.52. The molecule has 1 amide bonds. The largest absolute Gasteiger partial charge is 0.549 e. The molecular formula is C19H23N4O3S-. The number of carboxylic acid groups (broad SMARTS) is 1. The number of rotatable bonds is 5. The Morgan fingerprint density at radius 2 is 1.93 bits per heavy atom. The highest BCUT2D eigenvalue weighted by Gasteiger charge is 2.50. The lowest BCUT2D eigenvalue weighted by Gasteiger charge is -2.36. The van der Waals surface area contributed by atoms with Crippen molar-refractivity contribution in [1.29, 1.82) is 0 Å². The first kappa shape index (κ1) is 19.4. The minimum atomic E-state index is -1.18. The molecule has 1 aliphatic heterocycles. The lowest BCUT2D eigenvalue weighted by molar-refractivity contribution is -0.301. The van der Waals surface area contributed by atoms with Gasteiger partial charge < -0.3 is 20.5 Å². The number of thioether (sulfide) groups is 1. The van der Waals surface area contributed by atoms with E-state index in [-0.39, 0.29) is 12.3 Å². The Balaban J connectivity index is 2.08. The normalized spacial score (nSPS) is 19.7. The molecule has 0 saturated heterocycles. The van der Waals surface area contributed by atoms with E-state index in [9.17, 15) is 14.7 Å². The lowest BCUT2D eigenvalue weighted by atomic mass is 9.94. The van der Waals surface area contributed by atoms with Gasteiger partial charge in [0, 0.05) is 5.75 Å². The monoisotopic (exact) mass is 387 g/mol. The number of aryl methyl sites for hydroxylation is 2. The standard InChI is InChI=1S/C19H24N4O3S/c1-12-6-5-7-13(2)16(12)21-17-19(8-3-4-9-19)23(10-14(20)24)18(22-17)27-11-15(25)26/h5-7H,3-4,8-11H2,1-2H3,(H2,20,24)(H,25,26)/p-1. The number of hydrogen-bond donors (Lipinski definition) is 1. The van der Waals surface area contributed by atoms with E-state index >= 15 is 0 Å². The topological polar surface area (TPSA) is 111 Å². The van der Waals surface area contributed by atoms with Crippen LogP contribution in [0.15, 0.2) is 28.2 Å². The van der Waals surface area contributed by atoms with Crippen LogP contribution in [0.4, 0.5) is 5.69 Å². The second-order valence-electron chi connectivity index (χ2n) is 7.02. The Hall–Kier alpha value is -2.35. The van der Waals surface area contributed by atoms with Crippen molar-refractivity contribution in [3.63, 3.8) is 0 Å². The zero-order chi connectivity index (χ0) is 19.6. The van der Waals surface area contributed by atoms with Crippen LogP contribution < -0.4 is 10.8 Å². The van der Waals surface area contributed by atoms with Crippen LogP contribution in [-0.4, -0.2) is 45.6 Å². The molecule has 7 nitrogen and oxygen atoms in total. The number of aliphatic carboxylic acids is 1. The van der Waals surface area contributed by atoms with Crippen molar-refractivity contribution in [1.82, 2.24) is 4.90 Å². The molecule has 0 atom stereocenters. The molecule has 1 heterocycles. The van der Waals surface area contributed by atoms with Gasteiger partial charge >= 0.3 is 0 Å². The molecule has 0 bridgehead atoms. The summed E-state index contributed by atoms with van der Waals surface area (Å²) in [5.74, 6) is -1.25. The second kappa shape index (κ2) is 7.72. The quantitative estimate of drug-likeness (QED) is 0.818. The molecule has 1 aromatic carbocycles. The van der Waals surface area contributed by atoms with Crippen molar-refractivity contribution >= 4 is 40.3 Å². The Morgan fingerprint density at radius 1 is 1.30 bits per heavy atom. The third-order valence-corrected chi connectivity index (χ3v) is 6.04. The summed E-state index contributed by atoms with van der Waals surface area (Å²) in [5.41, 5.74) is 7.93. The van der Waals surface area contributed by atoms with Gasteiger partial charge in [0.1, 0.15) is 5.54 Å². The van der Waals surface area contributed by atoms with Crippen molar-refractivity contribution < 1.29 is 14.7 Å². The van der Waals surface area contributed by atoms with Gasteiger partial charge in [0.2, 0.25) is 5.91 Å². The molecular weight excluding hydrogens is 364 g/mol. The van der Waals surface area contributed by atoms with Gasteiger partial charge in [-0.25, -0.2) is 9.98 Å². The highest BCUT2D eigenvalue weighted by molar-refractivity contribution is 8.14. The second-order valence-corrected chi connectivity index (χ2v) is 7.96. The summed E-state index contributed by atoms with van der Waals surface area (Å²) in [6.07, 6.45) is 3.61. The third kappa shape index (κ3) is 3.85. The summed E-state index contributed by atoms with van der Waals surface area (Å²) in [4.78, 5) is 34.0. The van der Waals surface area contributed by atoms with Crippen LogP contribution >= 0.6 is 11.8 Å². The minimum absolute atomic E-state index is 0.00927. The highest BCUT2D eigenvalue weighted by Crippen LogP contribution is 2.43. The zero-order valence-corrected chi connectivity index (χ0v) is 16.3. The number of hydrogen-bond acceptors (Lipinski definition) is 6. The van der Waals surface area contributed by atoms with E-state index in [1.807, 2.05) is 36.9 Å². The SMILES string of the molecule is Cc1cccc(C)c1N=C1N=C(SCC(=O)[O-])N(CC(N)=O)C12CCCC2. The maximum absolute atomic E-state index is 11.7. The molecule has 8 heteroatoms. The summed E-state index contributed by atoms with van der Waals surface area (Å²) in [7, 11) is 0. The number of nitrogens with zero attached hydrogens (tertiary/aromatic N) is 3. The predicted octanol–water partition coefficient (Wildman–Crippen LogP) is 1.29. The van der Waals surface area contributed by atoms with E-state index in [1.165, 1.54) is 0 Å². The van der Waals surface area contributed by atoms with Crippen LogP contribution in [0.3, 0.4) is 0 Å². The van der Waals surface area contributed by atoms with Gasteiger partial charge in [-0.2, -0.15) is 0 Å². The van der Waals surface area contributed by atoms with Gasteiger partial charge in [-0.1, -0.05) is 42.8 Å². The van der Waals surface area contributed by atoms with Gasteiger partial charge in [-0.05, 0) is 37.8 Å². The Bertz CT molecular complexity index is 808. The van der Waals surface area contributed by atoms with Crippen LogP contribution in [0, 0.1) is 13.8 Å². The first-order valence-corrected chi connectivity index (χ1v) is 9.95. The average molecular weight is 387 g/mol. The van der Waals surface area contributed by atoms with Crippen molar-refractivity contribution in [2.75, 3.05) is 12.3 Å². The van der Waals surface area contributed by atoms with E-state index in [2.05, 4.69) is 4.99 Å². The molecule has 1 aromatic rings. The Labute approximate surface area is 162 Å². The Kier molecular flexibility index (Phi) is 5.55. The molecule has 0 aromatic heterocycles. The first-order valence-electron chi connectivity index (χ1n) is 8.96. The van der Waals surface area contributed by atoms with Gasteiger partial charge in [0.05, 0.1) is 18.2 Å². The number of amides is 1. The number of carbonyl (C=O) groups is 2. The minimum Gasteiger partial charge on any atom is -0.549 e. The van der Waals surface area contributed by atoms with Gasteiger partial charge in [-0.3, -0.25) is 4.79 Å². The number of nitrogens with two attached hydrogens (primary N) is 1. The fourth-order valence-corrected chi connectivity index (χ4v) is 4.63. The molecule has 2 aliphatic rings. The summed E-state index contributed by atoms with van der Waals surface area (Å²) < 4.78 is 0. The van der Waals surface area contributed by atoms with E-state index in [0.29, 0.717) is 11.0 Å². The molecule has 1 spiro atoms. The Morgan fingerprint density at radius 3 is 2.48 bits per heavy atom. The van der Waals surface area contributed by atoms with Crippen molar-refractivity contribution in [2.24, 2.45) is 15.7 Å². The van der Waals surface area contributed by atoms with Crippen molar-refractivity contribution in [3.05, 3.63) is 29.3 Å². The number of carboxylic acids is 1. The summed E-state index contributed by atoms with van der Waals surface area (Å²) in [5, 5.41) is 11.4. The van der Waals surface area contributed by atoms with Crippen LogP contribution in [0.2, 0.25) is 0 Å². The van der Waals surface area contributed by atoms with Crippen molar-refractivity contribution in [3.8, 4) is 0 Å². The number of para-hydroxylation sites is 1. The number of primary amides is 1. The zero-order valence-electron chi connectivity index (χ0n) is 15.5. The smallest absolute Gasteiger partial charge is 0.237 e. The van der Waals surface area contributed by atoms with Crippen LogP contribution in [0.5, 0.6) is 0 Å². The van der Waals surface area contributed by atoms with Gasteiger partial charge in [0.15, 0.2) is 11.0 Å². The molecule has 1 fully saturated rings. The summed E-state index contributed by atoms with van der Waals surface area (Å²) >= 11 is 1.05. The third-order valence-electron chi connectivity index (χ3n) is 5.09. The van der Waals surface area contributed by atoms with E-state index in [1.54, 1.807) is 0 Å². The average Bonchev–Trinajstić information content (AvgIpc) is 3.18. The molecule has 1 aliphatic carbocycles. The van der Waals surface area contributed by atoms with Crippen LogP contribution in [0.25, 0.3) is 0 Å². The number of benzene rings is 1. The molecule has 3 rings (SSSR count). The molecule has 27 heavy (non-hydrogen) atoms. The maximum atomic E-state index is 11.7. The molecule has 1 saturated carbocycles. The summed E-state index contributed by atoms with van der Waals surface area (Å²) in [6.45, 7) is 3.99. The predicted molar refractivity (Wildman–Crippen MR) is 105 cm³/mol. The first-order chi connectivity index (χ1) is 12.8. The molecule has 2 N–H and O–H groups in total. The van der Waals surface area contributed by atoms with E-state index in [0.717, 1.165) is 54.3 Å². The number of aliphatic imine (C=N–C) groups is 2. The number of amidine groups is 2.